The van der Waals surface area contributed by atoms with Gasteiger partial charge in [-0.1, -0.05) is 39.9 Å². The van der Waals surface area contributed by atoms with E-state index in [1.807, 2.05) is 0 Å². The van der Waals surface area contributed by atoms with Crippen molar-refractivity contribution in [3.05, 3.63) is 35.4 Å². The first-order chi connectivity index (χ1) is 6.25. The third kappa shape index (κ3) is 2.60. The summed E-state index contributed by atoms with van der Waals surface area (Å²) in [5, 5.41) is 9.33. The summed E-state index contributed by atoms with van der Waals surface area (Å²) in [6.45, 7) is 0. The van der Waals surface area contributed by atoms with E-state index in [0.29, 0.717) is 10.9 Å². The Balaban J connectivity index is 3.12. The monoisotopic (exact) mass is 238 g/mol. The molecule has 66 valence electrons. The first-order valence-electron chi connectivity index (χ1n) is 3.63. The number of alkyl halides is 1. The SMILES string of the molecule is O=C(O)c1ccccc1C#CCBr. The van der Waals surface area contributed by atoms with E-state index < -0.39 is 5.97 Å². The number of halogens is 1. The fourth-order valence-electron chi connectivity index (χ4n) is 0.907. The molecule has 0 heterocycles. The third-order valence-corrected chi connectivity index (χ3v) is 1.73. The van der Waals surface area contributed by atoms with E-state index in [-0.39, 0.29) is 5.56 Å². The summed E-state index contributed by atoms with van der Waals surface area (Å²) in [5.74, 6) is 4.58. The zero-order valence-corrected chi connectivity index (χ0v) is 8.34. The van der Waals surface area contributed by atoms with E-state index >= 15 is 0 Å². The fraction of sp³-hybridized carbons (Fsp3) is 0.100. The molecule has 0 bridgehead atoms. The summed E-state index contributed by atoms with van der Waals surface area (Å²) >= 11 is 3.15. The van der Waals surface area contributed by atoms with Gasteiger partial charge in [0.25, 0.3) is 0 Å². The molecule has 1 aromatic carbocycles. The molecule has 0 saturated carbocycles. The van der Waals surface area contributed by atoms with E-state index in [9.17, 15) is 4.79 Å². The predicted molar refractivity (Wildman–Crippen MR) is 54.1 cm³/mol. The van der Waals surface area contributed by atoms with Crippen LogP contribution >= 0.6 is 15.9 Å². The molecule has 13 heavy (non-hydrogen) atoms. The topological polar surface area (TPSA) is 37.3 Å². The largest absolute Gasteiger partial charge is 0.478 e. The average Bonchev–Trinajstić information content (AvgIpc) is 2.15. The highest BCUT2D eigenvalue weighted by atomic mass is 79.9. The van der Waals surface area contributed by atoms with Crippen LogP contribution in [-0.4, -0.2) is 16.4 Å². The molecule has 0 fully saturated rings. The quantitative estimate of drug-likeness (QED) is 0.602. The van der Waals surface area contributed by atoms with E-state index in [0.717, 1.165) is 0 Å². The van der Waals surface area contributed by atoms with Crippen LogP contribution in [0.1, 0.15) is 15.9 Å². The fourth-order valence-corrected chi connectivity index (χ4v) is 1.05. The molecule has 0 amide bonds. The smallest absolute Gasteiger partial charge is 0.336 e. The molecular weight excluding hydrogens is 232 g/mol. The maximum absolute atomic E-state index is 10.7. The number of hydrogen-bond donors (Lipinski definition) is 1. The van der Waals surface area contributed by atoms with Crippen molar-refractivity contribution in [2.24, 2.45) is 0 Å². The number of carboxylic acid groups (broad SMARTS) is 1. The van der Waals surface area contributed by atoms with Gasteiger partial charge in [-0.2, -0.15) is 0 Å². The van der Waals surface area contributed by atoms with Crippen LogP contribution in [-0.2, 0) is 0 Å². The molecule has 0 aliphatic rings. The molecular formula is C10H7BrO2. The summed E-state index contributed by atoms with van der Waals surface area (Å²) in [6.07, 6.45) is 0. The lowest BCUT2D eigenvalue weighted by molar-refractivity contribution is 0.0696. The van der Waals surface area contributed by atoms with Crippen molar-refractivity contribution in [2.75, 3.05) is 5.33 Å². The molecule has 0 saturated heterocycles. The Labute approximate surface area is 84.7 Å². The maximum Gasteiger partial charge on any atom is 0.336 e. The van der Waals surface area contributed by atoms with Crippen molar-refractivity contribution in [1.82, 2.24) is 0 Å². The average molecular weight is 239 g/mol. The van der Waals surface area contributed by atoms with Crippen LogP contribution in [0.3, 0.4) is 0 Å². The molecule has 1 N–H and O–H groups in total. The molecule has 0 unspecified atom stereocenters. The first-order valence-corrected chi connectivity index (χ1v) is 4.75. The van der Waals surface area contributed by atoms with Gasteiger partial charge in [0.1, 0.15) is 0 Å². The molecule has 2 nitrogen and oxygen atoms in total. The molecule has 1 rings (SSSR count). The molecule has 0 aromatic heterocycles. The van der Waals surface area contributed by atoms with E-state index in [4.69, 9.17) is 5.11 Å². The second-order valence-electron chi connectivity index (χ2n) is 2.29. The molecule has 3 heteroatoms. The molecule has 0 atom stereocenters. The van der Waals surface area contributed by atoms with Crippen LogP contribution in [0, 0.1) is 11.8 Å². The van der Waals surface area contributed by atoms with Crippen molar-refractivity contribution in [2.45, 2.75) is 0 Å². The minimum absolute atomic E-state index is 0.246. The van der Waals surface area contributed by atoms with Gasteiger partial charge in [-0.3, -0.25) is 0 Å². The zero-order chi connectivity index (χ0) is 9.68. The van der Waals surface area contributed by atoms with Gasteiger partial charge in [-0.05, 0) is 12.1 Å². The van der Waals surface area contributed by atoms with E-state index in [1.54, 1.807) is 24.3 Å². The highest BCUT2D eigenvalue weighted by Gasteiger charge is 2.05. The van der Waals surface area contributed by atoms with Crippen molar-refractivity contribution >= 4 is 21.9 Å². The first kappa shape index (κ1) is 9.82. The molecule has 0 aliphatic carbocycles. The lowest BCUT2D eigenvalue weighted by Gasteiger charge is -1.96. The van der Waals surface area contributed by atoms with E-state index in [2.05, 4.69) is 27.8 Å². The van der Waals surface area contributed by atoms with Crippen molar-refractivity contribution in [3.8, 4) is 11.8 Å². The lowest BCUT2D eigenvalue weighted by Crippen LogP contribution is -1.99. The highest BCUT2D eigenvalue weighted by Crippen LogP contribution is 2.06. The Morgan fingerprint density at radius 3 is 2.77 bits per heavy atom. The van der Waals surface area contributed by atoms with Crippen LogP contribution in [0.15, 0.2) is 24.3 Å². The zero-order valence-electron chi connectivity index (χ0n) is 6.75. The number of hydrogen-bond acceptors (Lipinski definition) is 1. The second kappa shape index (κ2) is 4.68. The minimum atomic E-state index is -0.945. The van der Waals surface area contributed by atoms with Crippen LogP contribution < -0.4 is 0 Å². The summed E-state index contributed by atoms with van der Waals surface area (Å²) < 4.78 is 0. The van der Waals surface area contributed by atoms with Gasteiger partial charge in [0.05, 0.1) is 10.9 Å². The van der Waals surface area contributed by atoms with Gasteiger partial charge < -0.3 is 5.11 Å². The van der Waals surface area contributed by atoms with Gasteiger partial charge in [0.15, 0.2) is 0 Å². The van der Waals surface area contributed by atoms with Crippen LogP contribution in [0.4, 0.5) is 0 Å². The predicted octanol–water partition coefficient (Wildman–Crippen LogP) is 2.13. The Morgan fingerprint density at radius 1 is 1.46 bits per heavy atom. The Kier molecular flexibility index (Phi) is 3.53. The highest BCUT2D eigenvalue weighted by molar-refractivity contribution is 9.09. The number of benzene rings is 1. The van der Waals surface area contributed by atoms with Gasteiger partial charge in [-0.15, -0.1) is 0 Å². The van der Waals surface area contributed by atoms with Gasteiger partial charge in [0.2, 0.25) is 0 Å². The van der Waals surface area contributed by atoms with Gasteiger partial charge in [0, 0.05) is 5.56 Å². The third-order valence-electron chi connectivity index (χ3n) is 1.45. The molecule has 1 aromatic rings. The van der Waals surface area contributed by atoms with Gasteiger partial charge >= 0.3 is 5.97 Å². The summed E-state index contributed by atoms with van der Waals surface area (Å²) in [6, 6.07) is 6.69. The summed E-state index contributed by atoms with van der Waals surface area (Å²) in [5.41, 5.74) is 0.797. The second-order valence-corrected chi connectivity index (χ2v) is 2.85. The minimum Gasteiger partial charge on any atom is -0.478 e. The Hall–Kier alpha value is -1.27. The van der Waals surface area contributed by atoms with E-state index in [1.165, 1.54) is 0 Å². The number of carboxylic acids is 1. The normalized spacial score (nSPS) is 8.69. The molecule has 0 spiro atoms. The van der Waals surface area contributed by atoms with Crippen LogP contribution in [0.25, 0.3) is 0 Å². The summed E-state index contributed by atoms with van der Waals surface area (Å²) in [7, 11) is 0. The molecule has 0 aliphatic heterocycles. The number of carbonyl (C=O) groups is 1. The van der Waals surface area contributed by atoms with Crippen LogP contribution in [0.2, 0.25) is 0 Å². The van der Waals surface area contributed by atoms with Crippen molar-refractivity contribution < 1.29 is 9.90 Å². The van der Waals surface area contributed by atoms with Gasteiger partial charge in [-0.25, -0.2) is 4.79 Å². The maximum atomic E-state index is 10.7. The Morgan fingerprint density at radius 2 is 2.15 bits per heavy atom. The van der Waals surface area contributed by atoms with Crippen molar-refractivity contribution in [3.63, 3.8) is 0 Å². The standard InChI is InChI=1S/C10H7BrO2/c11-7-3-5-8-4-1-2-6-9(8)10(12)13/h1-2,4,6H,7H2,(H,12,13). The number of aromatic carboxylic acids is 1. The summed E-state index contributed by atoms with van der Waals surface area (Å²) in [4.78, 5) is 10.7. The van der Waals surface area contributed by atoms with Crippen LogP contribution in [0.5, 0.6) is 0 Å². The number of rotatable bonds is 1. The van der Waals surface area contributed by atoms with Crippen molar-refractivity contribution in [1.29, 1.82) is 0 Å². The Bertz CT molecular complexity index is 374. The lowest BCUT2D eigenvalue weighted by atomic mass is 10.1. The molecule has 0 radical (unpaired) electrons.